The Morgan fingerprint density at radius 1 is 1.18 bits per heavy atom. The van der Waals surface area contributed by atoms with Gasteiger partial charge in [-0.15, -0.1) is 11.8 Å². The summed E-state index contributed by atoms with van der Waals surface area (Å²) in [6, 6.07) is 10.3. The van der Waals surface area contributed by atoms with Crippen molar-refractivity contribution in [1.29, 1.82) is 0 Å². The van der Waals surface area contributed by atoms with E-state index in [2.05, 4.69) is 4.98 Å². The van der Waals surface area contributed by atoms with E-state index >= 15 is 0 Å². The molecule has 0 bridgehead atoms. The predicted molar refractivity (Wildman–Crippen MR) is 126 cm³/mol. The van der Waals surface area contributed by atoms with Gasteiger partial charge in [-0.3, -0.25) is 19.3 Å². The monoisotopic (exact) mass is 480 g/mol. The number of hydrogen-bond donors (Lipinski definition) is 0. The van der Waals surface area contributed by atoms with Gasteiger partial charge in [0.05, 0.1) is 27.6 Å². The van der Waals surface area contributed by atoms with Crippen molar-refractivity contribution < 1.29 is 18.4 Å². The maximum atomic E-state index is 13.9. The lowest BCUT2D eigenvalue weighted by Gasteiger charge is -2.22. The number of ketones is 1. The molecule has 0 N–H and O–H groups in total. The minimum atomic E-state index is -0.822. The molecule has 3 heterocycles. The van der Waals surface area contributed by atoms with Crippen molar-refractivity contribution >= 4 is 50.9 Å². The SMILES string of the molecule is CSc1ccc([C@H]2c3c(oc4ccc(F)cc4c3=O)C(=O)N2c2nc(C)c(C(C)=O)s2)cc1. The van der Waals surface area contributed by atoms with Gasteiger partial charge < -0.3 is 4.42 Å². The van der Waals surface area contributed by atoms with E-state index in [9.17, 15) is 18.8 Å². The van der Waals surface area contributed by atoms with Crippen molar-refractivity contribution in [2.45, 2.75) is 24.8 Å². The number of fused-ring (bicyclic) bond motifs is 2. The van der Waals surface area contributed by atoms with Crippen LogP contribution in [0.15, 0.2) is 56.6 Å². The minimum Gasteiger partial charge on any atom is -0.450 e. The second kappa shape index (κ2) is 7.93. The quantitative estimate of drug-likeness (QED) is 0.289. The van der Waals surface area contributed by atoms with E-state index < -0.39 is 23.2 Å². The van der Waals surface area contributed by atoms with Crippen molar-refractivity contribution in [1.82, 2.24) is 4.98 Å². The van der Waals surface area contributed by atoms with Crippen molar-refractivity contribution in [2.24, 2.45) is 0 Å². The maximum Gasteiger partial charge on any atom is 0.297 e. The Morgan fingerprint density at radius 3 is 2.55 bits per heavy atom. The summed E-state index contributed by atoms with van der Waals surface area (Å²) in [5.41, 5.74) is 0.980. The first kappa shape index (κ1) is 21.5. The molecule has 2 aromatic carbocycles. The number of Topliss-reactive ketones (excluding diaryl/α,β-unsaturated/α-hetero) is 1. The maximum absolute atomic E-state index is 13.9. The number of benzene rings is 2. The van der Waals surface area contributed by atoms with Crippen LogP contribution in [0.1, 0.15) is 50.0 Å². The fourth-order valence-corrected chi connectivity index (χ4v) is 5.45. The van der Waals surface area contributed by atoms with Crippen LogP contribution in [0.3, 0.4) is 0 Å². The second-order valence-corrected chi connectivity index (χ2v) is 9.49. The molecule has 2 aromatic heterocycles. The fraction of sp³-hybridized carbons (Fsp3) is 0.167. The Balaban J connectivity index is 1.79. The number of amides is 1. The van der Waals surface area contributed by atoms with E-state index in [1.807, 2.05) is 30.5 Å². The number of thioether (sulfide) groups is 1. The van der Waals surface area contributed by atoms with Crippen LogP contribution in [0.2, 0.25) is 0 Å². The topological polar surface area (TPSA) is 80.5 Å². The number of carbonyl (C=O) groups excluding carboxylic acids is 2. The number of nitrogens with zero attached hydrogens (tertiary/aromatic N) is 2. The fourth-order valence-electron chi connectivity index (χ4n) is 4.06. The van der Waals surface area contributed by atoms with Crippen molar-refractivity contribution in [3.8, 4) is 0 Å². The first-order valence-electron chi connectivity index (χ1n) is 10.0. The first-order valence-corrected chi connectivity index (χ1v) is 12.1. The highest BCUT2D eigenvalue weighted by Gasteiger charge is 2.45. The van der Waals surface area contributed by atoms with Crippen LogP contribution in [0.25, 0.3) is 11.0 Å². The summed E-state index contributed by atoms with van der Waals surface area (Å²) in [6.45, 7) is 3.14. The van der Waals surface area contributed by atoms with Crippen molar-refractivity contribution in [3.05, 3.63) is 86.0 Å². The molecule has 33 heavy (non-hydrogen) atoms. The molecule has 0 saturated carbocycles. The van der Waals surface area contributed by atoms with Crippen LogP contribution in [-0.2, 0) is 0 Å². The average Bonchev–Trinajstić information content (AvgIpc) is 3.32. The van der Waals surface area contributed by atoms with E-state index in [0.717, 1.165) is 22.3 Å². The third kappa shape index (κ3) is 3.39. The normalized spacial score (nSPS) is 15.3. The standard InChI is InChI=1S/C24H17FN2O4S2/c1-11-22(12(2)28)33-24(26-11)27-19(13-4-7-15(32-3)8-5-13)18-20(29)16-10-14(25)6-9-17(16)31-21(18)23(27)30/h4-10,19H,1-3H3/t19-/m0/s1. The molecular weight excluding hydrogens is 463 g/mol. The zero-order valence-corrected chi connectivity index (χ0v) is 19.5. The molecule has 5 rings (SSSR count). The van der Waals surface area contributed by atoms with Gasteiger partial charge in [-0.25, -0.2) is 9.37 Å². The van der Waals surface area contributed by atoms with E-state index in [1.54, 1.807) is 18.7 Å². The first-order chi connectivity index (χ1) is 15.8. The molecule has 0 aliphatic carbocycles. The lowest BCUT2D eigenvalue weighted by molar-refractivity contribution is 0.0969. The Bertz CT molecular complexity index is 1510. The largest absolute Gasteiger partial charge is 0.450 e. The van der Waals surface area contributed by atoms with E-state index in [-0.39, 0.29) is 28.1 Å². The van der Waals surface area contributed by atoms with Gasteiger partial charge in [0, 0.05) is 11.8 Å². The molecule has 0 unspecified atom stereocenters. The van der Waals surface area contributed by atoms with Gasteiger partial charge >= 0.3 is 0 Å². The summed E-state index contributed by atoms with van der Waals surface area (Å²) in [7, 11) is 0. The van der Waals surface area contributed by atoms with Crippen molar-refractivity contribution in [3.63, 3.8) is 0 Å². The predicted octanol–water partition coefficient (Wildman–Crippen LogP) is 5.37. The third-order valence-electron chi connectivity index (χ3n) is 5.57. The lowest BCUT2D eigenvalue weighted by Crippen LogP contribution is -2.29. The number of carbonyl (C=O) groups is 2. The van der Waals surface area contributed by atoms with E-state index in [1.165, 1.54) is 24.0 Å². The highest BCUT2D eigenvalue weighted by atomic mass is 32.2. The summed E-state index contributed by atoms with van der Waals surface area (Å²) in [5, 5.41) is 0.358. The van der Waals surface area contributed by atoms with Crippen LogP contribution in [0.4, 0.5) is 9.52 Å². The van der Waals surface area contributed by atoms with Crippen LogP contribution in [0, 0.1) is 12.7 Å². The number of rotatable bonds is 4. The molecule has 0 fully saturated rings. The molecule has 0 saturated heterocycles. The molecule has 0 radical (unpaired) electrons. The zero-order chi connectivity index (χ0) is 23.4. The van der Waals surface area contributed by atoms with Gasteiger partial charge in [0.2, 0.25) is 5.76 Å². The lowest BCUT2D eigenvalue weighted by atomic mass is 9.99. The third-order valence-corrected chi connectivity index (χ3v) is 7.58. The number of aryl methyl sites for hydroxylation is 1. The number of halogens is 1. The van der Waals surface area contributed by atoms with Crippen LogP contribution < -0.4 is 10.3 Å². The van der Waals surface area contributed by atoms with Gasteiger partial charge in [-0.2, -0.15) is 0 Å². The van der Waals surface area contributed by atoms with Crippen molar-refractivity contribution in [2.75, 3.05) is 11.2 Å². The minimum absolute atomic E-state index is 0.0638. The molecule has 1 aliphatic rings. The van der Waals surface area contributed by atoms with Crippen LogP contribution >= 0.6 is 23.1 Å². The molecule has 6 nitrogen and oxygen atoms in total. The van der Waals surface area contributed by atoms with Gasteiger partial charge in [0.1, 0.15) is 11.4 Å². The average molecular weight is 481 g/mol. The summed E-state index contributed by atoms with van der Waals surface area (Å²) >= 11 is 2.66. The number of hydrogen-bond acceptors (Lipinski definition) is 7. The highest BCUT2D eigenvalue weighted by molar-refractivity contribution is 7.98. The molecule has 166 valence electrons. The van der Waals surface area contributed by atoms with Gasteiger partial charge in [0.25, 0.3) is 5.91 Å². The number of thiazole rings is 1. The molecule has 0 spiro atoms. The smallest absolute Gasteiger partial charge is 0.297 e. The van der Waals surface area contributed by atoms with Crippen LogP contribution in [0.5, 0.6) is 0 Å². The van der Waals surface area contributed by atoms with Crippen LogP contribution in [-0.4, -0.2) is 22.9 Å². The Morgan fingerprint density at radius 2 is 1.91 bits per heavy atom. The molecule has 9 heteroatoms. The van der Waals surface area contributed by atoms with Gasteiger partial charge in [-0.05, 0) is 49.1 Å². The van der Waals surface area contributed by atoms with E-state index in [0.29, 0.717) is 21.3 Å². The second-order valence-electron chi connectivity index (χ2n) is 7.63. The van der Waals surface area contributed by atoms with E-state index in [4.69, 9.17) is 4.42 Å². The van der Waals surface area contributed by atoms with Gasteiger partial charge in [0.15, 0.2) is 16.3 Å². The Labute approximate surface area is 196 Å². The molecule has 1 atom stereocenters. The Kier molecular flexibility index (Phi) is 5.18. The zero-order valence-electron chi connectivity index (χ0n) is 17.8. The summed E-state index contributed by atoms with van der Waals surface area (Å²) in [5.74, 6) is -1.36. The summed E-state index contributed by atoms with van der Waals surface area (Å²) in [6.07, 6.45) is 1.95. The Hall–Kier alpha value is -3.30. The molecule has 4 aromatic rings. The molecule has 1 aliphatic heterocycles. The highest BCUT2D eigenvalue weighted by Crippen LogP contribution is 2.43. The van der Waals surface area contributed by atoms with Gasteiger partial charge in [-0.1, -0.05) is 23.5 Å². The summed E-state index contributed by atoms with van der Waals surface area (Å²) in [4.78, 5) is 46.4. The number of anilines is 1. The molecular formula is C24H17FN2O4S2. The summed E-state index contributed by atoms with van der Waals surface area (Å²) < 4.78 is 19.7. The number of aromatic nitrogens is 1. The molecule has 1 amide bonds.